The second kappa shape index (κ2) is 7.46. The minimum atomic E-state index is -0.972. The van der Waals surface area contributed by atoms with Gasteiger partial charge in [0.25, 0.3) is 16.5 Å². The van der Waals surface area contributed by atoms with Gasteiger partial charge in [0, 0.05) is 19.6 Å². The summed E-state index contributed by atoms with van der Waals surface area (Å²) in [7, 11) is 2.96. The predicted molar refractivity (Wildman–Crippen MR) is 51.1 cm³/mol. The van der Waals surface area contributed by atoms with Gasteiger partial charge in [0.05, 0.1) is 0 Å². The van der Waals surface area contributed by atoms with Crippen LogP contribution >= 0.6 is 0 Å². The Morgan fingerprint density at radius 1 is 1.23 bits per heavy atom. The van der Waals surface area contributed by atoms with E-state index in [9.17, 15) is 0 Å². The summed E-state index contributed by atoms with van der Waals surface area (Å²) in [4.78, 5) is 0. The smallest absolute Gasteiger partial charge is 0.272 e. The Kier molecular flexibility index (Phi) is 7.49. The van der Waals surface area contributed by atoms with Gasteiger partial charge >= 0.3 is 0 Å². The molecule has 0 aromatic heterocycles. The molecule has 2 N–H and O–H groups in total. The van der Waals surface area contributed by atoms with Gasteiger partial charge in [-0.1, -0.05) is 0 Å². The summed E-state index contributed by atoms with van der Waals surface area (Å²) in [5, 5.41) is 0. The fourth-order valence-electron chi connectivity index (χ4n) is 1.05. The summed E-state index contributed by atoms with van der Waals surface area (Å²) < 4.78 is 15.8. The molecular formula is C8H18NO3Si. The normalized spacial score (nSPS) is 12.0. The maximum Gasteiger partial charge on any atom is 0.272 e. The van der Waals surface area contributed by atoms with Crippen LogP contribution in [0.3, 0.4) is 0 Å². The largest absolute Gasteiger partial charge is 0.371 e. The molecule has 77 valence electrons. The molecular weight excluding hydrogens is 186 g/mol. The summed E-state index contributed by atoms with van der Waals surface area (Å²) in [6.07, 6.45) is 1.42. The molecule has 3 radical (unpaired) electrons. The quantitative estimate of drug-likeness (QED) is 0.463. The SMILES string of the molecule is CCOC(CCCN)(O[Si])OCC. The number of ether oxygens (including phenoxy) is 2. The van der Waals surface area contributed by atoms with Gasteiger partial charge in [-0.3, -0.25) is 0 Å². The molecule has 0 aromatic carbocycles. The minimum Gasteiger partial charge on any atom is -0.371 e. The van der Waals surface area contributed by atoms with Crippen LogP contribution in [0.15, 0.2) is 0 Å². The predicted octanol–water partition coefficient (Wildman–Crippen LogP) is 0.552. The van der Waals surface area contributed by atoms with Crippen LogP contribution in [-0.2, 0) is 13.9 Å². The van der Waals surface area contributed by atoms with Crippen LogP contribution in [0, 0.1) is 0 Å². The van der Waals surface area contributed by atoms with Crippen LogP contribution in [0.2, 0.25) is 0 Å². The lowest BCUT2D eigenvalue weighted by atomic mass is 10.2. The van der Waals surface area contributed by atoms with Crippen molar-refractivity contribution >= 4 is 10.5 Å². The van der Waals surface area contributed by atoms with Gasteiger partial charge in [-0.25, -0.2) is 0 Å². The van der Waals surface area contributed by atoms with E-state index in [0.717, 1.165) is 6.42 Å². The minimum absolute atomic E-state index is 0.537. The van der Waals surface area contributed by atoms with Crippen molar-refractivity contribution in [3.05, 3.63) is 0 Å². The fourth-order valence-corrected chi connectivity index (χ4v) is 1.27. The molecule has 0 bridgehead atoms. The third-order valence-corrected chi connectivity index (χ3v) is 1.88. The van der Waals surface area contributed by atoms with Crippen molar-refractivity contribution < 1.29 is 13.9 Å². The maximum absolute atomic E-state index is 5.40. The van der Waals surface area contributed by atoms with E-state index in [1.54, 1.807) is 0 Å². The molecule has 0 fully saturated rings. The first-order chi connectivity index (χ1) is 6.24. The van der Waals surface area contributed by atoms with Crippen LogP contribution in [0.4, 0.5) is 0 Å². The Hall–Kier alpha value is 0.0569. The molecule has 0 rings (SSSR count). The van der Waals surface area contributed by atoms with Crippen molar-refractivity contribution in [2.45, 2.75) is 32.7 Å². The van der Waals surface area contributed by atoms with E-state index >= 15 is 0 Å². The van der Waals surface area contributed by atoms with Crippen molar-refractivity contribution in [2.75, 3.05) is 19.8 Å². The number of nitrogens with two attached hydrogens (primary N) is 1. The van der Waals surface area contributed by atoms with E-state index in [4.69, 9.17) is 19.6 Å². The van der Waals surface area contributed by atoms with E-state index in [-0.39, 0.29) is 0 Å². The molecule has 0 amide bonds. The van der Waals surface area contributed by atoms with Crippen LogP contribution < -0.4 is 5.73 Å². The average molecular weight is 204 g/mol. The van der Waals surface area contributed by atoms with Crippen molar-refractivity contribution in [3.8, 4) is 0 Å². The monoisotopic (exact) mass is 204 g/mol. The highest BCUT2D eigenvalue weighted by Gasteiger charge is 2.29. The van der Waals surface area contributed by atoms with Crippen molar-refractivity contribution in [3.63, 3.8) is 0 Å². The summed E-state index contributed by atoms with van der Waals surface area (Å²) in [5.74, 6) is -0.972. The lowest BCUT2D eigenvalue weighted by Crippen LogP contribution is -2.39. The lowest BCUT2D eigenvalue weighted by Gasteiger charge is -2.31. The van der Waals surface area contributed by atoms with Crippen LogP contribution in [0.25, 0.3) is 0 Å². The second-order valence-electron chi connectivity index (χ2n) is 2.54. The fraction of sp³-hybridized carbons (Fsp3) is 1.00. The molecule has 0 atom stereocenters. The van der Waals surface area contributed by atoms with Crippen molar-refractivity contribution in [1.29, 1.82) is 0 Å². The van der Waals surface area contributed by atoms with Gasteiger partial charge in [0.1, 0.15) is 0 Å². The summed E-state index contributed by atoms with van der Waals surface area (Å²) >= 11 is 0. The molecule has 0 aliphatic rings. The molecule has 13 heavy (non-hydrogen) atoms. The van der Waals surface area contributed by atoms with Crippen LogP contribution in [0.5, 0.6) is 0 Å². The molecule has 0 saturated carbocycles. The molecule has 0 heterocycles. The van der Waals surface area contributed by atoms with E-state index in [2.05, 4.69) is 10.5 Å². The third-order valence-electron chi connectivity index (χ3n) is 1.57. The summed E-state index contributed by atoms with van der Waals surface area (Å²) in [6, 6.07) is 0. The average Bonchev–Trinajstić information content (AvgIpc) is 2.15. The van der Waals surface area contributed by atoms with Crippen LogP contribution in [-0.4, -0.2) is 36.2 Å². The molecule has 0 spiro atoms. The van der Waals surface area contributed by atoms with Gasteiger partial charge in [0.2, 0.25) is 0 Å². The molecule has 0 aromatic rings. The Balaban J connectivity index is 4.07. The Morgan fingerprint density at radius 2 is 1.77 bits per heavy atom. The number of hydrogen-bond acceptors (Lipinski definition) is 4. The first kappa shape index (κ1) is 13.1. The Bertz CT molecular complexity index is 118. The molecule has 0 unspecified atom stereocenters. The zero-order valence-electron chi connectivity index (χ0n) is 8.34. The van der Waals surface area contributed by atoms with E-state index in [1.165, 1.54) is 0 Å². The Morgan fingerprint density at radius 3 is 2.08 bits per heavy atom. The molecule has 4 nitrogen and oxygen atoms in total. The van der Waals surface area contributed by atoms with E-state index < -0.39 is 5.97 Å². The molecule has 0 aliphatic carbocycles. The van der Waals surface area contributed by atoms with Gasteiger partial charge in [-0.15, -0.1) is 0 Å². The van der Waals surface area contributed by atoms with Gasteiger partial charge in [-0.2, -0.15) is 0 Å². The number of hydrogen-bond donors (Lipinski definition) is 1. The standard InChI is InChI=1S/C8H18NO3Si/c1-3-10-8(12-13,11-4-2)6-5-7-9/h3-7,9H2,1-2H3. The first-order valence-electron chi connectivity index (χ1n) is 4.57. The van der Waals surface area contributed by atoms with Crippen LogP contribution in [0.1, 0.15) is 26.7 Å². The lowest BCUT2D eigenvalue weighted by molar-refractivity contribution is -0.343. The number of rotatable bonds is 8. The molecule has 0 saturated heterocycles. The highest BCUT2D eigenvalue weighted by Crippen LogP contribution is 2.20. The highest BCUT2D eigenvalue weighted by molar-refractivity contribution is 5.98. The zero-order chi connectivity index (χ0) is 10.2. The molecule has 0 aliphatic heterocycles. The maximum atomic E-state index is 5.40. The Labute approximate surface area is 83.3 Å². The van der Waals surface area contributed by atoms with Gasteiger partial charge in [0.15, 0.2) is 0 Å². The van der Waals surface area contributed by atoms with E-state index in [1.807, 2.05) is 13.8 Å². The highest BCUT2D eigenvalue weighted by atomic mass is 28.2. The topological polar surface area (TPSA) is 53.7 Å². The molecule has 5 heteroatoms. The van der Waals surface area contributed by atoms with Crippen molar-refractivity contribution in [2.24, 2.45) is 5.73 Å². The van der Waals surface area contributed by atoms with Crippen molar-refractivity contribution in [1.82, 2.24) is 0 Å². The first-order valence-corrected chi connectivity index (χ1v) is 4.98. The second-order valence-corrected chi connectivity index (χ2v) is 2.75. The summed E-state index contributed by atoms with van der Waals surface area (Å²) in [6.45, 7) is 5.45. The summed E-state index contributed by atoms with van der Waals surface area (Å²) in [5.41, 5.74) is 5.40. The van der Waals surface area contributed by atoms with E-state index in [0.29, 0.717) is 26.2 Å². The van der Waals surface area contributed by atoms with Gasteiger partial charge in [-0.05, 0) is 26.8 Å². The zero-order valence-corrected chi connectivity index (χ0v) is 9.34. The third kappa shape index (κ3) is 4.73. The van der Waals surface area contributed by atoms with Gasteiger partial charge < -0.3 is 19.6 Å².